The smallest absolute Gasteiger partial charge is 0.192 e. The summed E-state index contributed by atoms with van der Waals surface area (Å²) in [5.74, 6) is 0. The molecule has 0 unspecified atom stereocenters. The van der Waals surface area contributed by atoms with Crippen molar-refractivity contribution >= 4 is 15.9 Å². The Morgan fingerprint density at radius 1 is 0.786 bits per heavy atom. The fourth-order valence-electron chi connectivity index (χ4n) is 0.502. The maximum Gasteiger partial charge on any atom is 0.467 e. The van der Waals surface area contributed by atoms with E-state index in [4.69, 9.17) is 0 Å². The topological polar surface area (TPSA) is 3.24 Å². The first kappa shape index (κ1) is 13.9. The first-order valence-electron chi connectivity index (χ1n) is 2.82. The molecule has 0 rings (SSSR count). The van der Waals surface area contributed by atoms with Crippen LogP contribution in [-0.2, 0) is 0 Å². The standard InChI is InChI=1S/C4H2BrF8N/c5-2(6,7)1-14(3(8,9)10)4(11,12)13/h1H2. The molecule has 0 amide bonds. The average molecular weight is 296 g/mol. The normalized spacial score (nSPS) is 15.0. The third-order valence-corrected chi connectivity index (χ3v) is 1.20. The molecule has 0 aliphatic heterocycles. The highest BCUT2D eigenvalue weighted by molar-refractivity contribution is 9.10. The Labute approximate surface area is 80.8 Å². The molecule has 0 saturated carbocycles. The molecular formula is C4H2BrF8N. The SMILES string of the molecule is FC(F)(Br)CN(C(F)(F)F)C(F)(F)F. The predicted octanol–water partition coefficient (Wildman–Crippen LogP) is 3.32. The number of halogens is 9. The van der Waals surface area contributed by atoms with Crippen LogP contribution in [0.2, 0.25) is 0 Å². The summed E-state index contributed by atoms with van der Waals surface area (Å²) >= 11 is 1.39. The van der Waals surface area contributed by atoms with Crippen molar-refractivity contribution in [1.82, 2.24) is 4.90 Å². The molecule has 0 spiro atoms. The van der Waals surface area contributed by atoms with E-state index in [0.29, 0.717) is 0 Å². The van der Waals surface area contributed by atoms with E-state index in [9.17, 15) is 35.1 Å². The maximum atomic E-state index is 11.9. The van der Waals surface area contributed by atoms with Crippen molar-refractivity contribution in [1.29, 1.82) is 0 Å². The lowest BCUT2D eigenvalue weighted by Gasteiger charge is -2.27. The summed E-state index contributed by atoms with van der Waals surface area (Å²) in [4.78, 5) is -6.48. The first-order chi connectivity index (χ1) is 5.84. The van der Waals surface area contributed by atoms with E-state index in [1.165, 1.54) is 15.9 Å². The lowest BCUT2D eigenvalue weighted by molar-refractivity contribution is -0.378. The van der Waals surface area contributed by atoms with Crippen molar-refractivity contribution in [3.63, 3.8) is 0 Å². The maximum absolute atomic E-state index is 11.9. The second kappa shape index (κ2) is 3.80. The molecule has 0 heterocycles. The van der Waals surface area contributed by atoms with Crippen LogP contribution in [0.4, 0.5) is 35.1 Å². The molecule has 0 aromatic rings. The molecule has 0 fully saturated rings. The van der Waals surface area contributed by atoms with Crippen LogP contribution in [0.1, 0.15) is 0 Å². The molecule has 0 bridgehead atoms. The molecule has 10 heteroatoms. The Morgan fingerprint density at radius 3 is 1.14 bits per heavy atom. The fraction of sp³-hybridized carbons (Fsp3) is 1.00. The fourth-order valence-corrected chi connectivity index (χ4v) is 0.753. The van der Waals surface area contributed by atoms with Gasteiger partial charge in [-0.25, -0.2) is 0 Å². The summed E-state index contributed by atoms with van der Waals surface area (Å²) in [7, 11) is 0. The predicted molar refractivity (Wildman–Crippen MR) is 32.7 cm³/mol. The van der Waals surface area contributed by atoms with Crippen molar-refractivity contribution in [3.8, 4) is 0 Å². The Balaban J connectivity index is 4.78. The van der Waals surface area contributed by atoms with Gasteiger partial charge in [-0.3, -0.25) is 0 Å². The number of rotatable bonds is 2. The minimum atomic E-state index is -5.89. The molecule has 0 saturated heterocycles. The van der Waals surface area contributed by atoms with E-state index in [1.807, 2.05) is 0 Å². The number of alkyl halides is 9. The molecule has 0 radical (unpaired) electrons. The number of nitrogens with zero attached hydrogens (tertiary/aromatic N) is 1. The molecule has 0 aliphatic rings. The lowest BCUT2D eigenvalue weighted by atomic mass is 10.6. The molecule has 1 nitrogen and oxygen atoms in total. The van der Waals surface area contributed by atoms with Crippen LogP contribution in [0.15, 0.2) is 0 Å². The van der Waals surface area contributed by atoms with E-state index in [-0.39, 0.29) is 0 Å². The van der Waals surface area contributed by atoms with Crippen LogP contribution in [0.25, 0.3) is 0 Å². The van der Waals surface area contributed by atoms with E-state index in [2.05, 4.69) is 0 Å². The Bertz CT molecular complexity index is 175. The quantitative estimate of drug-likeness (QED) is 0.429. The van der Waals surface area contributed by atoms with Crippen molar-refractivity contribution in [2.45, 2.75) is 17.4 Å². The van der Waals surface area contributed by atoms with Gasteiger partial charge in [0.1, 0.15) is 0 Å². The number of hydrogen-bond acceptors (Lipinski definition) is 1. The first-order valence-corrected chi connectivity index (χ1v) is 3.61. The zero-order chi connectivity index (χ0) is 11.8. The largest absolute Gasteiger partial charge is 0.467 e. The summed E-state index contributed by atoms with van der Waals surface area (Å²) in [6, 6.07) is 0. The second-order valence-corrected chi connectivity index (χ2v) is 3.30. The molecule has 14 heavy (non-hydrogen) atoms. The highest BCUT2D eigenvalue weighted by Gasteiger charge is 2.56. The van der Waals surface area contributed by atoms with Gasteiger partial charge in [-0.05, 0) is 15.9 Å². The molecule has 0 aliphatic carbocycles. The average Bonchev–Trinajstić information content (AvgIpc) is 1.75. The third-order valence-electron chi connectivity index (χ3n) is 0.950. The van der Waals surface area contributed by atoms with Gasteiger partial charge in [-0.2, -0.15) is 35.1 Å². The zero-order valence-electron chi connectivity index (χ0n) is 6.06. The van der Waals surface area contributed by atoms with Crippen molar-refractivity contribution < 1.29 is 35.1 Å². The van der Waals surface area contributed by atoms with E-state index < -0.39 is 28.9 Å². The van der Waals surface area contributed by atoms with Crippen molar-refractivity contribution in [2.24, 2.45) is 0 Å². The molecule has 0 aromatic carbocycles. The highest BCUT2D eigenvalue weighted by atomic mass is 79.9. The number of hydrogen-bond donors (Lipinski definition) is 0. The Hall–Kier alpha value is -0.120. The van der Waals surface area contributed by atoms with E-state index in [1.54, 1.807) is 0 Å². The van der Waals surface area contributed by atoms with Crippen LogP contribution in [0.3, 0.4) is 0 Å². The zero-order valence-corrected chi connectivity index (χ0v) is 7.64. The van der Waals surface area contributed by atoms with Crippen molar-refractivity contribution in [2.75, 3.05) is 6.54 Å². The van der Waals surface area contributed by atoms with Crippen LogP contribution in [-0.4, -0.2) is 28.9 Å². The van der Waals surface area contributed by atoms with Gasteiger partial charge in [0.2, 0.25) is 0 Å². The molecule has 0 aromatic heterocycles. The summed E-state index contributed by atoms with van der Waals surface area (Å²) in [6.45, 7) is -2.53. The summed E-state index contributed by atoms with van der Waals surface area (Å²) < 4.78 is 93.4. The minimum absolute atomic E-state index is 1.39. The highest BCUT2D eigenvalue weighted by Crippen LogP contribution is 2.37. The van der Waals surface area contributed by atoms with E-state index in [0.717, 1.165) is 0 Å². The Kier molecular flexibility index (Phi) is 3.76. The Morgan fingerprint density at radius 2 is 1.07 bits per heavy atom. The van der Waals surface area contributed by atoms with Gasteiger partial charge in [0.25, 0.3) is 0 Å². The summed E-state index contributed by atoms with van der Waals surface area (Å²) in [6.07, 6.45) is -11.8. The van der Waals surface area contributed by atoms with Gasteiger partial charge in [0, 0.05) is 0 Å². The van der Waals surface area contributed by atoms with Gasteiger partial charge < -0.3 is 0 Å². The molecule has 0 N–H and O–H groups in total. The summed E-state index contributed by atoms with van der Waals surface area (Å²) in [5.41, 5.74) is 0. The molecule has 86 valence electrons. The summed E-state index contributed by atoms with van der Waals surface area (Å²) in [5, 5.41) is 0. The molecular weight excluding hydrogens is 294 g/mol. The van der Waals surface area contributed by atoms with Crippen LogP contribution >= 0.6 is 15.9 Å². The van der Waals surface area contributed by atoms with Gasteiger partial charge >= 0.3 is 17.4 Å². The van der Waals surface area contributed by atoms with Crippen LogP contribution < -0.4 is 0 Å². The lowest BCUT2D eigenvalue weighted by Crippen LogP contribution is -2.51. The van der Waals surface area contributed by atoms with Crippen molar-refractivity contribution in [3.05, 3.63) is 0 Å². The van der Waals surface area contributed by atoms with Gasteiger partial charge in [0.05, 0.1) is 6.54 Å². The molecule has 0 atom stereocenters. The van der Waals surface area contributed by atoms with Gasteiger partial charge in [0.15, 0.2) is 0 Å². The second-order valence-electron chi connectivity index (χ2n) is 2.14. The van der Waals surface area contributed by atoms with E-state index >= 15 is 0 Å². The van der Waals surface area contributed by atoms with Crippen LogP contribution in [0, 0.1) is 0 Å². The van der Waals surface area contributed by atoms with Gasteiger partial charge in [-0.1, -0.05) is 0 Å². The third kappa shape index (κ3) is 4.94. The minimum Gasteiger partial charge on any atom is -0.192 e. The van der Waals surface area contributed by atoms with Crippen LogP contribution in [0.5, 0.6) is 0 Å². The van der Waals surface area contributed by atoms with Gasteiger partial charge in [-0.15, -0.1) is 4.90 Å². The monoisotopic (exact) mass is 295 g/mol.